The van der Waals surface area contributed by atoms with Crippen molar-refractivity contribution in [2.24, 2.45) is 5.73 Å². The second-order valence-electron chi connectivity index (χ2n) is 4.06. The number of rotatable bonds is 4. The number of hydrogen-bond acceptors (Lipinski definition) is 3. The minimum Gasteiger partial charge on any atom is -0.457 e. The number of esters is 1. The molecule has 0 unspecified atom stereocenters. The Kier molecular flexibility index (Phi) is 4.71. The van der Waals surface area contributed by atoms with Gasteiger partial charge in [-0.05, 0) is 29.3 Å². The first-order valence-electron chi connectivity index (χ1n) is 5.90. The Morgan fingerprint density at radius 2 is 1.84 bits per heavy atom. The Bertz CT molecular complexity index is 584. The molecule has 0 radical (unpaired) electrons. The van der Waals surface area contributed by atoms with E-state index in [2.05, 4.69) is 15.9 Å². The third-order valence-electron chi connectivity index (χ3n) is 2.76. The minimum atomic E-state index is -0.340. The summed E-state index contributed by atoms with van der Waals surface area (Å²) in [7, 11) is 0. The molecule has 3 nitrogen and oxygen atoms in total. The maximum atomic E-state index is 11.9. The van der Waals surface area contributed by atoms with Crippen LogP contribution in [0.5, 0.6) is 0 Å². The van der Waals surface area contributed by atoms with Crippen molar-refractivity contribution in [3.63, 3.8) is 0 Å². The predicted octanol–water partition coefficient (Wildman–Crippen LogP) is 3.26. The maximum absolute atomic E-state index is 11.9. The Labute approximate surface area is 120 Å². The van der Waals surface area contributed by atoms with Gasteiger partial charge in [0.05, 0.1) is 5.56 Å². The van der Waals surface area contributed by atoms with Crippen molar-refractivity contribution in [2.75, 3.05) is 0 Å². The van der Waals surface area contributed by atoms with Crippen LogP contribution in [0.3, 0.4) is 0 Å². The van der Waals surface area contributed by atoms with E-state index in [4.69, 9.17) is 10.5 Å². The van der Waals surface area contributed by atoms with Gasteiger partial charge in [-0.2, -0.15) is 0 Å². The third-order valence-corrected chi connectivity index (χ3v) is 3.25. The highest BCUT2D eigenvalue weighted by Crippen LogP contribution is 2.14. The molecule has 0 aliphatic heterocycles. The van der Waals surface area contributed by atoms with Crippen LogP contribution in [-0.2, 0) is 17.9 Å². The van der Waals surface area contributed by atoms with E-state index in [-0.39, 0.29) is 12.6 Å². The number of halogens is 1. The lowest BCUT2D eigenvalue weighted by atomic mass is 10.1. The largest absolute Gasteiger partial charge is 0.457 e. The first-order valence-corrected chi connectivity index (χ1v) is 6.69. The van der Waals surface area contributed by atoms with E-state index >= 15 is 0 Å². The molecule has 98 valence electrons. The topological polar surface area (TPSA) is 52.3 Å². The molecule has 2 N–H and O–H groups in total. The molecule has 4 heteroatoms. The molecule has 0 saturated carbocycles. The molecule has 0 fully saturated rings. The van der Waals surface area contributed by atoms with Crippen molar-refractivity contribution in [1.82, 2.24) is 0 Å². The molecule has 0 atom stereocenters. The van der Waals surface area contributed by atoms with Crippen LogP contribution in [0.4, 0.5) is 0 Å². The summed E-state index contributed by atoms with van der Waals surface area (Å²) in [5, 5.41) is 0. The molecule has 0 spiro atoms. The monoisotopic (exact) mass is 319 g/mol. The molecular weight excluding hydrogens is 306 g/mol. The molecule has 0 amide bonds. The number of ether oxygens (including phenoxy) is 1. The summed E-state index contributed by atoms with van der Waals surface area (Å²) in [5.41, 5.74) is 8.10. The summed E-state index contributed by atoms with van der Waals surface area (Å²) in [5.74, 6) is -0.340. The van der Waals surface area contributed by atoms with Crippen LogP contribution >= 0.6 is 15.9 Å². The molecule has 2 aromatic carbocycles. The molecule has 0 aliphatic rings. The second-order valence-corrected chi connectivity index (χ2v) is 4.97. The summed E-state index contributed by atoms with van der Waals surface area (Å²) in [6.07, 6.45) is 0. The van der Waals surface area contributed by atoms with Crippen LogP contribution in [0.15, 0.2) is 53.0 Å². The Hall–Kier alpha value is -1.65. The number of carbonyl (C=O) groups excluding carboxylic acids is 1. The lowest BCUT2D eigenvalue weighted by molar-refractivity contribution is 0.0471. The van der Waals surface area contributed by atoms with E-state index < -0.39 is 0 Å². The molecule has 0 bridgehead atoms. The fraction of sp³-hybridized carbons (Fsp3) is 0.133. The standard InChI is InChI=1S/C15H14BrNO2/c16-14-7-3-6-11(8-14)15(18)19-10-13-5-2-1-4-12(13)9-17/h1-8H,9-10,17H2. The van der Waals surface area contributed by atoms with Crippen molar-refractivity contribution < 1.29 is 9.53 Å². The van der Waals surface area contributed by atoms with Gasteiger partial charge in [-0.25, -0.2) is 4.79 Å². The Balaban J connectivity index is 2.04. The summed E-state index contributed by atoms with van der Waals surface area (Å²) in [4.78, 5) is 11.9. The zero-order valence-corrected chi connectivity index (χ0v) is 11.9. The fourth-order valence-electron chi connectivity index (χ4n) is 1.74. The highest BCUT2D eigenvalue weighted by molar-refractivity contribution is 9.10. The summed E-state index contributed by atoms with van der Waals surface area (Å²) >= 11 is 3.32. The van der Waals surface area contributed by atoms with Gasteiger partial charge >= 0.3 is 5.97 Å². The van der Waals surface area contributed by atoms with E-state index in [9.17, 15) is 4.79 Å². The van der Waals surface area contributed by atoms with Crippen LogP contribution < -0.4 is 5.73 Å². The van der Waals surface area contributed by atoms with Crippen molar-refractivity contribution >= 4 is 21.9 Å². The van der Waals surface area contributed by atoms with Crippen LogP contribution in [0.25, 0.3) is 0 Å². The van der Waals surface area contributed by atoms with Crippen LogP contribution in [0, 0.1) is 0 Å². The first kappa shape index (κ1) is 13.8. The highest BCUT2D eigenvalue weighted by atomic mass is 79.9. The van der Waals surface area contributed by atoms with Crippen molar-refractivity contribution in [1.29, 1.82) is 0 Å². The van der Waals surface area contributed by atoms with Gasteiger partial charge < -0.3 is 10.5 Å². The van der Waals surface area contributed by atoms with Gasteiger partial charge in [0.2, 0.25) is 0 Å². The fourth-order valence-corrected chi connectivity index (χ4v) is 2.14. The van der Waals surface area contributed by atoms with E-state index in [0.29, 0.717) is 12.1 Å². The van der Waals surface area contributed by atoms with Gasteiger partial charge in [0.15, 0.2) is 0 Å². The SMILES string of the molecule is NCc1ccccc1COC(=O)c1cccc(Br)c1. The maximum Gasteiger partial charge on any atom is 0.338 e. The minimum absolute atomic E-state index is 0.235. The highest BCUT2D eigenvalue weighted by Gasteiger charge is 2.08. The lowest BCUT2D eigenvalue weighted by Gasteiger charge is -2.09. The summed E-state index contributed by atoms with van der Waals surface area (Å²) in [6.45, 7) is 0.670. The number of hydrogen-bond donors (Lipinski definition) is 1. The number of benzene rings is 2. The van der Waals surface area contributed by atoms with Gasteiger partial charge in [-0.1, -0.05) is 46.3 Å². The molecule has 19 heavy (non-hydrogen) atoms. The first-order chi connectivity index (χ1) is 9.20. The average molecular weight is 320 g/mol. The van der Waals surface area contributed by atoms with E-state index in [0.717, 1.165) is 15.6 Å². The normalized spacial score (nSPS) is 10.2. The quantitative estimate of drug-likeness (QED) is 0.880. The van der Waals surface area contributed by atoms with E-state index in [1.165, 1.54) is 0 Å². The van der Waals surface area contributed by atoms with Crippen LogP contribution in [0.1, 0.15) is 21.5 Å². The molecule has 2 aromatic rings. The number of nitrogens with two attached hydrogens (primary N) is 1. The smallest absolute Gasteiger partial charge is 0.338 e. The lowest BCUT2D eigenvalue weighted by Crippen LogP contribution is -2.08. The molecule has 0 aliphatic carbocycles. The van der Waals surface area contributed by atoms with E-state index in [1.54, 1.807) is 18.2 Å². The van der Waals surface area contributed by atoms with Gasteiger partial charge in [0, 0.05) is 11.0 Å². The van der Waals surface area contributed by atoms with Gasteiger partial charge in [-0.15, -0.1) is 0 Å². The molecule has 0 aromatic heterocycles. The van der Waals surface area contributed by atoms with Crippen molar-refractivity contribution in [3.05, 3.63) is 69.7 Å². The van der Waals surface area contributed by atoms with Crippen LogP contribution in [-0.4, -0.2) is 5.97 Å². The molecule has 0 heterocycles. The summed E-state index contributed by atoms with van der Waals surface area (Å²) in [6, 6.07) is 14.8. The zero-order valence-electron chi connectivity index (χ0n) is 10.3. The van der Waals surface area contributed by atoms with Gasteiger partial charge in [0.1, 0.15) is 6.61 Å². The Morgan fingerprint density at radius 1 is 1.11 bits per heavy atom. The van der Waals surface area contributed by atoms with Gasteiger partial charge in [-0.3, -0.25) is 0 Å². The van der Waals surface area contributed by atoms with Crippen molar-refractivity contribution in [2.45, 2.75) is 13.2 Å². The zero-order chi connectivity index (χ0) is 13.7. The van der Waals surface area contributed by atoms with Crippen molar-refractivity contribution in [3.8, 4) is 0 Å². The average Bonchev–Trinajstić information content (AvgIpc) is 2.45. The number of carbonyl (C=O) groups is 1. The third kappa shape index (κ3) is 3.66. The molecule has 2 rings (SSSR count). The Morgan fingerprint density at radius 3 is 2.53 bits per heavy atom. The van der Waals surface area contributed by atoms with E-state index in [1.807, 2.05) is 30.3 Å². The second kappa shape index (κ2) is 6.50. The van der Waals surface area contributed by atoms with Crippen LogP contribution in [0.2, 0.25) is 0 Å². The van der Waals surface area contributed by atoms with Gasteiger partial charge in [0.25, 0.3) is 0 Å². The molecular formula is C15H14BrNO2. The summed E-state index contributed by atoms with van der Waals surface area (Å²) < 4.78 is 6.15. The predicted molar refractivity (Wildman–Crippen MR) is 77.6 cm³/mol. The molecule has 0 saturated heterocycles.